The second-order valence-corrected chi connectivity index (χ2v) is 7.02. The lowest BCUT2D eigenvalue weighted by molar-refractivity contribution is -0.120. The van der Waals surface area contributed by atoms with E-state index in [1.807, 2.05) is 18.6 Å². The summed E-state index contributed by atoms with van der Waals surface area (Å²) in [5, 5.41) is 0. The molecule has 0 bridgehead atoms. The molecule has 7 nitrogen and oxygen atoms in total. The summed E-state index contributed by atoms with van der Waals surface area (Å²) in [5.74, 6) is 0.143. The van der Waals surface area contributed by atoms with E-state index in [2.05, 4.69) is 0 Å². The first kappa shape index (κ1) is 19.7. The third-order valence-electron chi connectivity index (χ3n) is 3.50. The van der Waals surface area contributed by atoms with Crippen molar-refractivity contribution in [3.63, 3.8) is 0 Å². The van der Waals surface area contributed by atoms with Crippen molar-refractivity contribution in [1.82, 2.24) is 4.72 Å². The molecule has 2 aromatic carbocycles. The van der Waals surface area contributed by atoms with Gasteiger partial charge in [0.15, 0.2) is 11.5 Å². The van der Waals surface area contributed by atoms with Crippen LogP contribution in [0.1, 0.15) is 25.5 Å². The van der Waals surface area contributed by atoms with Gasteiger partial charge in [0, 0.05) is 0 Å². The predicted molar refractivity (Wildman–Crippen MR) is 97.5 cm³/mol. The van der Waals surface area contributed by atoms with Crippen LogP contribution in [0.4, 0.5) is 0 Å². The molecule has 0 aliphatic heterocycles. The van der Waals surface area contributed by atoms with E-state index in [0.717, 1.165) is 0 Å². The van der Waals surface area contributed by atoms with E-state index in [9.17, 15) is 13.2 Å². The number of hydrogen-bond donors (Lipinski definition) is 2. The summed E-state index contributed by atoms with van der Waals surface area (Å²) in [6.07, 6.45) is 0. The zero-order valence-electron chi connectivity index (χ0n) is 14.6. The van der Waals surface area contributed by atoms with Crippen LogP contribution in [-0.2, 0) is 14.8 Å². The SMILES string of the molecule is CCOc1ccc(C(N)C(=O)NS(=O)(=O)c2ccccc2)cc1OCC. The predicted octanol–water partition coefficient (Wildman–Crippen LogP) is 1.99. The average molecular weight is 378 g/mol. The molecule has 2 rings (SSSR count). The second kappa shape index (κ2) is 8.68. The van der Waals surface area contributed by atoms with E-state index in [0.29, 0.717) is 30.3 Å². The van der Waals surface area contributed by atoms with Crippen molar-refractivity contribution in [2.45, 2.75) is 24.8 Å². The maximum Gasteiger partial charge on any atom is 0.264 e. The fourth-order valence-corrected chi connectivity index (χ4v) is 3.29. The van der Waals surface area contributed by atoms with Gasteiger partial charge >= 0.3 is 0 Å². The van der Waals surface area contributed by atoms with Crippen molar-refractivity contribution in [2.75, 3.05) is 13.2 Å². The molecule has 1 amide bonds. The number of ether oxygens (including phenoxy) is 2. The Morgan fingerprint density at radius 1 is 1.04 bits per heavy atom. The fourth-order valence-electron chi connectivity index (χ4n) is 2.27. The molecule has 1 unspecified atom stereocenters. The van der Waals surface area contributed by atoms with Crippen molar-refractivity contribution in [3.05, 3.63) is 54.1 Å². The lowest BCUT2D eigenvalue weighted by atomic mass is 10.1. The van der Waals surface area contributed by atoms with Crippen LogP contribution in [0.2, 0.25) is 0 Å². The van der Waals surface area contributed by atoms with Gasteiger partial charge in [-0.05, 0) is 43.7 Å². The van der Waals surface area contributed by atoms with E-state index < -0.39 is 22.0 Å². The van der Waals surface area contributed by atoms with E-state index >= 15 is 0 Å². The third-order valence-corrected chi connectivity index (χ3v) is 4.86. The van der Waals surface area contributed by atoms with Crippen LogP contribution in [0, 0.1) is 0 Å². The molecule has 0 heterocycles. The summed E-state index contributed by atoms with van der Waals surface area (Å²) in [5.41, 5.74) is 6.35. The number of hydrogen-bond acceptors (Lipinski definition) is 6. The highest BCUT2D eigenvalue weighted by atomic mass is 32.2. The lowest BCUT2D eigenvalue weighted by Crippen LogP contribution is -2.38. The molecule has 0 aliphatic rings. The van der Waals surface area contributed by atoms with Crippen LogP contribution in [0.3, 0.4) is 0 Å². The Morgan fingerprint density at radius 3 is 2.27 bits per heavy atom. The normalized spacial score (nSPS) is 12.3. The summed E-state index contributed by atoms with van der Waals surface area (Å²) >= 11 is 0. The molecule has 0 saturated carbocycles. The average Bonchev–Trinajstić information content (AvgIpc) is 2.63. The van der Waals surface area contributed by atoms with Crippen LogP contribution in [0.25, 0.3) is 0 Å². The highest BCUT2D eigenvalue weighted by molar-refractivity contribution is 7.90. The summed E-state index contributed by atoms with van der Waals surface area (Å²) in [7, 11) is -3.99. The highest BCUT2D eigenvalue weighted by Gasteiger charge is 2.24. The minimum absolute atomic E-state index is 0.0118. The highest BCUT2D eigenvalue weighted by Crippen LogP contribution is 2.30. The van der Waals surface area contributed by atoms with E-state index in [-0.39, 0.29) is 4.90 Å². The lowest BCUT2D eigenvalue weighted by Gasteiger charge is -2.16. The van der Waals surface area contributed by atoms with Crippen LogP contribution in [-0.4, -0.2) is 27.5 Å². The van der Waals surface area contributed by atoms with Gasteiger partial charge in [0.25, 0.3) is 15.9 Å². The number of sulfonamides is 1. The molecule has 3 N–H and O–H groups in total. The van der Waals surface area contributed by atoms with Crippen molar-refractivity contribution >= 4 is 15.9 Å². The zero-order valence-corrected chi connectivity index (χ0v) is 15.5. The molecule has 1 atom stereocenters. The van der Waals surface area contributed by atoms with Crippen LogP contribution in [0.15, 0.2) is 53.4 Å². The molecule has 2 aromatic rings. The molecule has 0 saturated heterocycles. The number of amides is 1. The Hall–Kier alpha value is -2.58. The smallest absolute Gasteiger partial charge is 0.264 e. The van der Waals surface area contributed by atoms with Gasteiger partial charge in [0.05, 0.1) is 18.1 Å². The first-order valence-electron chi connectivity index (χ1n) is 8.15. The van der Waals surface area contributed by atoms with Gasteiger partial charge in [0.1, 0.15) is 6.04 Å². The van der Waals surface area contributed by atoms with Gasteiger partial charge in [-0.3, -0.25) is 4.79 Å². The molecule has 8 heteroatoms. The van der Waals surface area contributed by atoms with Gasteiger partial charge in [-0.25, -0.2) is 13.1 Å². The van der Waals surface area contributed by atoms with E-state index in [4.69, 9.17) is 15.2 Å². The Morgan fingerprint density at radius 2 is 1.65 bits per heavy atom. The minimum atomic E-state index is -3.99. The van der Waals surface area contributed by atoms with Gasteiger partial charge in [-0.1, -0.05) is 24.3 Å². The van der Waals surface area contributed by atoms with Crippen molar-refractivity contribution in [1.29, 1.82) is 0 Å². The molecular formula is C18H22N2O5S. The van der Waals surface area contributed by atoms with Gasteiger partial charge in [-0.2, -0.15) is 0 Å². The maximum atomic E-state index is 12.3. The van der Waals surface area contributed by atoms with Gasteiger partial charge in [0.2, 0.25) is 0 Å². The van der Waals surface area contributed by atoms with Gasteiger partial charge < -0.3 is 15.2 Å². The second-order valence-electron chi connectivity index (χ2n) is 5.33. The summed E-state index contributed by atoms with van der Waals surface area (Å²) < 4.78 is 37.5. The van der Waals surface area contributed by atoms with Crippen LogP contribution < -0.4 is 19.9 Å². The summed E-state index contributed by atoms with van der Waals surface area (Å²) in [4.78, 5) is 12.3. The quantitative estimate of drug-likeness (QED) is 0.727. The van der Waals surface area contributed by atoms with E-state index in [1.54, 1.807) is 36.4 Å². The molecule has 26 heavy (non-hydrogen) atoms. The number of nitrogens with two attached hydrogens (primary N) is 1. The molecule has 0 aliphatic carbocycles. The molecule has 140 valence electrons. The van der Waals surface area contributed by atoms with Crippen LogP contribution >= 0.6 is 0 Å². The topological polar surface area (TPSA) is 108 Å². The van der Waals surface area contributed by atoms with Crippen molar-refractivity contribution in [2.24, 2.45) is 5.73 Å². The fraction of sp³-hybridized carbons (Fsp3) is 0.278. The Labute approximate surface area is 153 Å². The maximum absolute atomic E-state index is 12.3. The summed E-state index contributed by atoms with van der Waals surface area (Å²) in [6.45, 7) is 4.54. The number of nitrogens with one attached hydrogen (secondary N) is 1. The standard InChI is InChI=1S/C18H22N2O5S/c1-3-24-15-11-10-13(12-16(15)25-4-2)17(19)18(21)20-26(22,23)14-8-6-5-7-9-14/h5-12,17H,3-4,19H2,1-2H3,(H,20,21). The Bertz CT molecular complexity index is 853. The summed E-state index contributed by atoms with van der Waals surface area (Å²) in [6, 6.07) is 11.3. The monoisotopic (exact) mass is 378 g/mol. The van der Waals surface area contributed by atoms with Gasteiger partial charge in [-0.15, -0.1) is 0 Å². The largest absolute Gasteiger partial charge is 0.490 e. The molecule has 0 spiro atoms. The number of carbonyl (C=O) groups is 1. The third kappa shape index (κ3) is 4.74. The number of carbonyl (C=O) groups excluding carboxylic acids is 1. The first-order chi connectivity index (χ1) is 12.4. The zero-order chi connectivity index (χ0) is 19.2. The van der Waals surface area contributed by atoms with Crippen LogP contribution in [0.5, 0.6) is 11.5 Å². The Kier molecular flexibility index (Phi) is 6.59. The molecule has 0 fully saturated rings. The first-order valence-corrected chi connectivity index (χ1v) is 9.64. The van der Waals surface area contributed by atoms with Crippen molar-refractivity contribution < 1.29 is 22.7 Å². The molecule has 0 aromatic heterocycles. The molecular weight excluding hydrogens is 356 g/mol. The van der Waals surface area contributed by atoms with E-state index in [1.165, 1.54) is 12.1 Å². The number of rotatable bonds is 8. The number of benzene rings is 2. The minimum Gasteiger partial charge on any atom is -0.490 e. The Balaban J connectivity index is 2.21. The van der Waals surface area contributed by atoms with Crippen molar-refractivity contribution in [3.8, 4) is 11.5 Å². The molecule has 0 radical (unpaired) electrons.